The molecule has 0 aliphatic heterocycles. The minimum atomic E-state index is 0. The molecule has 0 aromatic heterocycles. The maximum absolute atomic E-state index is 7.06. The van der Waals surface area contributed by atoms with Crippen LogP contribution in [-0.2, 0) is 0 Å². The molecule has 0 rings (SSSR count). The maximum Gasteiger partial charge on any atom is 0 e. The average Bonchev–Trinajstić information content (AvgIpc) is 3.35. The van der Waals surface area contributed by atoms with Gasteiger partial charge in [-0.3, -0.25) is 0 Å². The molecule has 0 aromatic carbocycles. The van der Waals surface area contributed by atoms with Gasteiger partial charge in [0.25, 0.3) is 0 Å². The molecule has 70 heavy (non-hydrogen) atoms. The Bertz CT molecular complexity index is 570. The molecule has 0 aromatic rings. The van der Waals surface area contributed by atoms with E-state index in [4.69, 9.17) is 22.9 Å². The average molecular weight is 1070 g/mol. The zero-order chi connectivity index (χ0) is 50.4. The Morgan fingerprint density at radius 2 is 0.214 bits per heavy atom. The van der Waals surface area contributed by atoms with Gasteiger partial charge in [0.05, 0.1) is 0 Å². The van der Waals surface area contributed by atoms with Crippen LogP contribution in [0.3, 0.4) is 0 Å². The van der Waals surface area contributed by atoms with Crippen molar-refractivity contribution in [1.29, 1.82) is 0 Å². The van der Waals surface area contributed by atoms with E-state index in [1.165, 1.54) is 334 Å². The molecule has 0 fully saturated rings. The second-order valence-electron chi connectivity index (χ2n) is 21.4. The van der Waals surface area contributed by atoms with Crippen molar-refractivity contribution in [3.8, 4) is 0 Å². The molecule has 0 atom stereocenters. The van der Waals surface area contributed by atoms with Gasteiger partial charge in [0, 0.05) is 17.6 Å². The predicted octanol–water partition coefficient (Wildman–Crippen LogP) is 26.1. The third-order valence-electron chi connectivity index (χ3n) is 14.1. The number of hydrogen-bond acceptors (Lipinski definition) is 0. The van der Waals surface area contributed by atoms with Gasteiger partial charge in [0.2, 0.25) is 0 Å². The molecule has 0 amide bonds. The molecule has 0 saturated carbocycles. The van der Waals surface area contributed by atoms with Gasteiger partial charge >= 0.3 is 0 Å². The quantitative estimate of drug-likeness (QED) is 0.0429. The fraction of sp³-hybridized carbons (Fsp3) is 1.00. The van der Waals surface area contributed by atoms with Crippen LogP contribution in [0.2, 0.25) is 0 Å². The molecule has 4 N–H and O–H groups in total. The van der Waals surface area contributed by atoms with E-state index in [-0.39, 0.29) is 30.0 Å². The van der Waals surface area contributed by atoms with Crippen molar-refractivity contribution >= 4 is 30.0 Å². The molecule has 0 unspecified atom stereocenters. The molecule has 0 aliphatic carbocycles. The second kappa shape index (κ2) is 89.3. The van der Waals surface area contributed by atoms with Crippen LogP contribution in [0.1, 0.15) is 387 Å². The van der Waals surface area contributed by atoms with Crippen molar-refractivity contribution < 1.29 is 0 Å². The smallest absolute Gasteiger partial charge is 0 e. The van der Waals surface area contributed by atoms with Crippen LogP contribution in [0.15, 0.2) is 0 Å². The summed E-state index contributed by atoms with van der Waals surface area (Å²) in [6, 6.07) is 0. The number of rotatable bonds is 56. The van der Waals surface area contributed by atoms with E-state index in [0.717, 1.165) is 25.7 Å². The molecule has 0 saturated heterocycles. The van der Waals surface area contributed by atoms with Crippen molar-refractivity contribution in [2.45, 2.75) is 387 Å². The third-order valence-corrected chi connectivity index (χ3v) is 14.1. The summed E-state index contributed by atoms with van der Waals surface area (Å²) in [6.45, 7) is 11.6. The summed E-state index contributed by atoms with van der Waals surface area (Å²) in [7, 11) is 0. The summed E-state index contributed by atoms with van der Waals surface area (Å²) in [6.07, 6.45) is 78.2. The van der Waals surface area contributed by atoms with Gasteiger partial charge in [-0.15, -0.1) is 12.4 Å². The van der Waals surface area contributed by atoms with E-state index in [1.54, 1.807) is 0 Å². The maximum atomic E-state index is 7.06. The Balaban J connectivity index is -0.000000193. The summed E-state index contributed by atoms with van der Waals surface area (Å²) in [5.41, 5.74) is 28.2. The summed E-state index contributed by atoms with van der Waals surface area (Å²) in [4.78, 5) is 0. The van der Waals surface area contributed by atoms with Crippen LogP contribution in [0, 0.1) is 0 Å². The zero-order valence-electron chi connectivity index (χ0n) is 49.3. The first-order valence-corrected chi connectivity index (χ1v) is 32.2. The van der Waals surface area contributed by atoms with Crippen LogP contribution in [-0.4, -0.2) is 43.8 Å². The summed E-state index contributed by atoms with van der Waals surface area (Å²) in [5, 5.41) is 0. The van der Waals surface area contributed by atoms with Crippen LogP contribution in [0.4, 0.5) is 0 Å². The Labute approximate surface area is 463 Å². The van der Waals surface area contributed by atoms with Crippen molar-refractivity contribution in [2.24, 2.45) is 0 Å². The zero-order valence-corrected chi connectivity index (χ0v) is 52.2. The van der Waals surface area contributed by atoms with E-state index in [2.05, 4.69) is 27.7 Å². The fourth-order valence-corrected chi connectivity index (χ4v) is 9.28. The Kier molecular flexibility index (Phi) is 105. The van der Waals surface area contributed by atoms with E-state index < -0.39 is 0 Å². The van der Waals surface area contributed by atoms with Gasteiger partial charge in [-0.2, -0.15) is 26.2 Å². The largest absolute Gasteiger partial charge is 0.677 e. The van der Waals surface area contributed by atoms with Crippen LogP contribution >= 0.6 is 12.4 Å². The number of halogens is 1. The van der Waals surface area contributed by atoms with E-state index in [1.807, 2.05) is 0 Å². The predicted molar refractivity (Wildman–Crippen MR) is 331 cm³/mol. The molecular formula is C64H137ClGeN4-4. The number of unbranched alkanes of at least 4 members (excludes halogenated alkanes) is 52. The van der Waals surface area contributed by atoms with Crippen LogP contribution in [0.5, 0.6) is 0 Å². The van der Waals surface area contributed by atoms with Crippen molar-refractivity contribution in [2.75, 3.05) is 26.2 Å². The number of nitrogens with one attached hydrogen (secondary N) is 4. The Morgan fingerprint density at radius 3 is 0.286 bits per heavy atom. The minimum absolute atomic E-state index is 0. The van der Waals surface area contributed by atoms with Gasteiger partial charge < -0.3 is 22.9 Å². The molecule has 428 valence electrons. The molecule has 0 spiro atoms. The third kappa shape index (κ3) is 97.9. The van der Waals surface area contributed by atoms with Gasteiger partial charge in [0.1, 0.15) is 0 Å². The monoisotopic (exact) mass is 1070 g/mol. The fourth-order valence-electron chi connectivity index (χ4n) is 9.28. The van der Waals surface area contributed by atoms with Crippen molar-refractivity contribution in [3.05, 3.63) is 22.9 Å². The normalized spacial score (nSPS) is 10.6. The topological polar surface area (TPSA) is 95.2 Å². The first kappa shape index (κ1) is 82.0. The Hall–Kier alpha value is 0.673. The van der Waals surface area contributed by atoms with E-state index in [9.17, 15) is 0 Å². The van der Waals surface area contributed by atoms with E-state index >= 15 is 0 Å². The van der Waals surface area contributed by atoms with Gasteiger partial charge in [-0.25, -0.2) is 0 Å². The second-order valence-corrected chi connectivity index (χ2v) is 21.4. The molecular weight excluding hydrogens is 933 g/mol. The molecule has 0 bridgehead atoms. The first-order valence-electron chi connectivity index (χ1n) is 32.2. The van der Waals surface area contributed by atoms with Crippen LogP contribution in [0.25, 0.3) is 22.9 Å². The van der Waals surface area contributed by atoms with Crippen molar-refractivity contribution in [1.82, 2.24) is 0 Å². The van der Waals surface area contributed by atoms with Gasteiger partial charge in [-0.1, -0.05) is 387 Å². The number of hydrogen-bond donors (Lipinski definition) is 0. The molecule has 0 aliphatic rings. The van der Waals surface area contributed by atoms with Crippen LogP contribution < -0.4 is 0 Å². The molecule has 6 heteroatoms. The summed E-state index contributed by atoms with van der Waals surface area (Å²) >= 11 is 0. The standard InChI is InChI=1S/4C16H34N.ClH.Ge/c4*1-2-3-4-5-6-7-8-9-10-11-12-13-14-15-16-17;;/h4*17H,2-16H2,1H3;1H;/q4*-1;;. The Morgan fingerprint density at radius 1 is 0.143 bits per heavy atom. The van der Waals surface area contributed by atoms with Gasteiger partial charge in [0.15, 0.2) is 0 Å². The SMILES string of the molecule is CCCCCCCCCCCCCCCC[NH-].CCCCCCCCCCCCCCCC[NH-].CCCCCCCCCCCCCCCC[NH-].CCCCCCCCCCCCCCCC[NH-].Cl.[Ge]. The van der Waals surface area contributed by atoms with Crippen molar-refractivity contribution in [3.63, 3.8) is 0 Å². The summed E-state index contributed by atoms with van der Waals surface area (Å²) in [5.74, 6) is 0. The van der Waals surface area contributed by atoms with Gasteiger partial charge in [-0.05, 0) is 0 Å². The molecule has 4 nitrogen and oxygen atoms in total. The molecule has 4 radical (unpaired) electrons. The minimum Gasteiger partial charge on any atom is -0.677 e. The van der Waals surface area contributed by atoms with E-state index in [0.29, 0.717) is 26.2 Å². The summed E-state index contributed by atoms with van der Waals surface area (Å²) < 4.78 is 0. The molecule has 0 heterocycles. The first-order chi connectivity index (χ1) is 33.7.